The van der Waals surface area contributed by atoms with E-state index in [9.17, 15) is 15.0 Å². The smallest absolute Gasteiger partial charge is 0.221 e. The number of hydrogen-bond acceptors (Lipinski definition) is 5. The number of rotatable bonds is 5. The van der Waals surface area contributed by atoms with E-state index in [1.165, 1.54) is 32.1 Å². The van der Waals surface area contributed by atoms with E-state index in [-0.39, 0.29) is 23.6 Å². The predicted molar refractivity (Wildman–Crippen MR) is 105 cm³/mol. The van der Waals surface area contributed by atoms with Crippen molar-refractivity contribution in [3.05, 3.63) is 0 Å². The second kappa shape index (κ2) is 8.48. The molecule has 4 N–H and O–H groups in total. The molecule has 0 bridgehead atoms. The van der Waals surface area contributed by atoms with Gasteiger partial charge in [0.05, 0.1) is 18.1 Å². The van der Waals surface area contributed by atoms with Gasteiger partial charge in [0.2, 0.25) is 5.91 Å². The Labute approximate surface area is 160 Å². The van der Waals surface area contributed by atoms with E-state index < -0.39 is 18.1 Å². The maximum absolute atomic E-state index is 12.0. The zero-order chi connectivity index (χ0) is 18.8. The molecule has 7 heteroatoms. The van der Waals surface area contributed by atoms with Crippen molar-refractivity contribution in [1.29, 1.82) is 0 Å². The third-order valence-corrected chi connectivity index (χ3v) is 7.41. The predicted octanol–water partition coefficient (Wildman–Crippen LogP) is 1.59. The van der Waals surface area contributed by atoms with Crippen LogP contribution in [0.4, 0.5) is 0 Å². The Balaban J connectivity index is 1.86. The highest BCUT2D eigenvalue weighted by Crippen LogP contribution is 2.44. The summed E-state index contributed by atoms with van der Waals surface area (Å²) < 4.78 is 0. The molecule has 148 valence electrons. The molecule has 2 aliphatic carbocycles. The van der Waals surface area contributed by atoms with Gasteiger partial charge in [0, 0.05) is 18.3 Å². The van der Waals surface area contributed by atoms with E-state index in [4.69, 9.17) is 10.7 Å². The van der Waals surface area contributed by atoms with E-state index in [0.29, 0.717) is 11.8 Å². The standard InChI is InChI=1S/C19H33N3O3S/c1-11(2)9-21-19-22(10-12-6-4-3-5-7-12)15-16(24)14(23)8-13(18(20)25)17(15)26-19/h11-17,23-24H,3-10H2,1-2H3,(H2,20,25)/t13-,14+,15-,16-,17+/m0/s1. The van der Waals surface area contributed by atoms with Crippen LogP contribution in [-0.2, 0) is 4.79 Å². The lowest BCUT2D eigenvalue weighted by Crippen LogP contribution is -2.59. The lowest BCUT2D eigenvalue weighted by atomic mass is 9.79. The fourth-order valence-corrected chi connectivity index (χ4v) is 6.12. The number of carbonyl (C=O) groups is 1. The summed E-state index contributed by atoms with van der Waals surface area (Å²) in [6.07, 6.45) is 4.68. The summed E-state index contributed by atoms with van der Waals surface area (Å²) in [6, 6.07) is -0.283. The van der Waals surface area contributed by atoms with Gasteiger partial charge >= 0.3 is 0 Å². The minimum atomic E-state index is -0.910. The van der Waals surface area contributed by atoms with Gasteiger partial charge in [0.1, 0.15) is 6.10 Å². The summed E-state index contributed by atoms with van der Waals surface area (Å²) >= 11 is 1.58. The molecule has 1 heterocycles. The molecule has 3 fully saturated rings. The number of primary amides is 1. The topological polar surface area (TPSA) is 99.1 Å². The number of amidine groups is 1. The average Bonchev–Trinajstić information content (AvgIpc) is 2.95. The highest BCUT2D eigenvalue weighted by molar-refractivity contribution is 8.14. The van der Waals surface area contributed by atoms with Gasteiger partial charge in [-0.2, -0.15) is 0 Å². The van der Waals surface area contributed by atoms with Crippen LogP contribution in [0.5, 0.6) is 0 Å². The van der Waals surface area contributed by atoms with Crippen LogP contribution in [0.1, 0.15) is 52.4 Å². The van der Waals surface area contributed by atoms with E-state index in [0.717, 1.165) is 18.3 Å². The second-order valence-electron chi connectivity index (χ2n) is 8.55. The summed E-state index contributed by atoms with van der Waals surface area (Å²) in [6.45, 7) is 5.84. The molecule has 1 aliphatic heterocycles. The van der Waals surface area contributed by atoms with Gasteiger partial charge in [0.25, 0.3) is 0 Å². The Morgan fingerprint density at radius 3 is 2.62 bits per heavy atom. The monoisotopic (exact) mass is 383 g/mol. The molecule has 0 radical (unpaired) electrons. The molecule has 26 heavy (non-hydrogen) atoms. The van der Waals surface area contributed by atoms with Crippen molar-refractivity contribution in [3.8, 4) is 0 Å². The van der Waals surface area contributed by atoms with Crippen LogP contribution in [-0.4, -0.2) is 62.8 Å². The third kappa shape index (κ3) is 4.20. The maximum Gasteiger partial charge on any atom is 0.221 e. The molecular formula is C19H33N3O3S. The zero-order valence-corrected chi connectivity index (χ0v) is 16.7. The van der Waals surface area contributed by atoms with Gasteiger partial charge in [-0.05, 0) is 31.1 Å². The highest BCUT2D eigenvalue weighted by Gasteiger charge is 2.54. The van der Waals surface area contributed by atoms with Gasteiger partial charge < -0.3 is 20.8 Å². The Hall–Kier alpha value is -0.790. The number of carbonyl (C=O) groups excluding carboxylic acids is 1. The largest absolute Gasteiger partial charge is 0.390 e. The van der Waals surface area contributed by atoms with Crippen molar-refractivity contribution >= 4 is 22.8 Å². The number of nitrogens with zero attached hydrogens (tertiary/aromatic N) is 2. The first kappa shape index (κ1) is 20.0. The highest BCUT2D eigenvalue weighted by atomic mass is 32.2. The number of nitrogens with two attached hydrogens (primary N) is 1. The van der Waals surface area contributed by atoms with Crippen LogP contribution in [0, 0.1) is 17.8 Å². The Morgan fingerprint density at radius 2 is 2.00 bits per heavy atom. The van der Waals surface area contributed by atoms with Crippen LogP contribution in [0.15, 0.2) is 4.99 Å². The van der Waals surface area contributed by atoms with Crippen LogP contribution in [0.2, 0.25) is 0 Å². The maximum atomic E-state index is 12.0. The molecule has 0 spiro atoms. The summed E-state index contributed by atoms with van der Waals surface area (Å²) in [5.41, 5.74) is 5.62. The fraction of sp³-hybridized carbons (Fsp3) is 0.895. The summed E-state index contributed by atoms with van der Waals surface area (Å²) in [5.74, 6) is 0.223. The van der Waals surface area contributed by atoms with Crippen molar-refractivity contribution < 1.29 is 15.0 Å². The summed E-state index contributed by atoms with van der Waals surface area (Å²) in [7, 11) is 0. The molecule has 0 aromatic heterocycles. The van der Waals surface area contributed by atoms with Crippen molar-refractivity contribution in [2.45, 2.75) is 75.9 Å². The lowest BCUT2D eigenvalue weighted by Gasteiger charge is -2.42. The molecule has 5 atom stereocenters. The number of thioether (sulfide) groups is 1. The molecule has 0 unspecified atom stereocenters. The van der Waals surface area contributed by atoms with Gasteiger partial charge in [-0.25, -0.2) is 0 Å². The second-order valence-corrected chi connectivity index (χ2v) is 9.69. The first-order chi connectivity index (χ1) is 12.4. The third-order valence-electron chi connectivity index (χ3n) is 5.96. The fourth-order valence-electron chi connectivity index (χ4n) is 4.54. The molecule has 0 aromatic carbocycles. The molecule has 6 nitrogen and oxygen atoms in total. The minimum absolute atomic E-state index is 0.125. The van der Waals surface area contributed by atoms with Gasteiger partial charge in [0.15, 0.2) is 5.17 Å². The number of aliphatic imine (C=N–C) groups is 1. The molecule has 3 rings (SSSR count). The number of fused-ring (bicyclic) bond motifs is 1. The van der Waals surface area contributed by atoms with Crippen LogP contribution >= 0.6 is 11.8 Å². The number of aliphatic hydroxyl groups is 2. The van der Waals surface area contributed by atoms with Crippen LogP contribution in [0.25, 0.3) is 0 Å². The van der Waals surface area contributed by atoms with Gasteiger partial charge in [-0.1, -0.05) is 44.9 Å². The molecule has 1 amide bonds. The Kier molecular flexibility index (Phi) is 6.51. The molecular weight excluding hydrogens is 350 g/mol. The van der Waals surface area contributed by atoms with Crippen molar-refractivity contribution in [2.24, 2.45) is 28.5 Å². The molecule has 3 aliphatic rings. The molecule has 2 saturated carbocycles. The Bertz CT molecular complexity index is 536. The lowest BCUT2D eigenvalue weighted by molar-refractivity contribution is -0.128. The van der Waals surface area contributed by atoms with Crippen LogP contribution < -0.4 is 5.73 Å². The van der Waals surface area contributed by atoms with Gasteiger partial charge in [-0.3, -0.25) is 9.79 Å². The normalized spacial score (nSPS) is 37.3. The Morgan fingerprint density at radius 1 is 1.31 bits per heavy atom. The first-order valence-electron chi connectivity index (χ1n) is 10.0. The zero-order valence-electron chi connectivity index (χ0n) is 15.9. The number of aliphatic hydroxyl groups excluding tert-OH is 2. The van der Waals surface area contributed by atoms with Crippen molar-refractivity contribution in [2.75, 3.05) is 13.1 Å². The van der Waals surface area contributed by atoms with Crippen LogP contribution in [0.3, 0.4) is 0 Å². The quantitative estimate of drug-likeness (QED) is 0.670. The van der Waals surface area contributed by atoms with E-state index in [2.05, 4.69) is 18.7 Å². The van der Waals surface area contributed by atoms with E-state index in [1.807, 2.05) is 0 Å². The molecule has 0 aromatic rings. The van der Waals surface area contributed by atoms with E-state index in [1.54, 1.807) is 11.8 Å². The first-order valence-corrected chi connectivity index (χ1v) is 10.9. The van der Waals surface area contributed by atoms with Crippen molar-refractivity contribution in [1.82, 2.24) is 4.90 Å². The SMILES string of the molecule is CC(C)CN=C1S[C@H]2[C@H]([C@@H](O)[C@H](O)C[C@@H]2C(N)=O)N1CC1CCCCC1. The number of hydrogen-bond donors (Lipinski definition) is 3. The van der Waals surface area contributed by atoms with Crippen molar-refractivity contribution in [3.63, 3.8) is 0 Å². The summed E-state index contributed by atoms with van der Waals surface area (Å²) in [4.78, 5) is 19.0. The number of amides is 1. The summed E-state index contributed by atoms with van der Waals surface area (Å²) in [5, 5.41) is 21.9. The van der Waals surface area contributed by atoms with Gasteiger partial charge in [-0.15, -0.1) is 0 Å². The minimum Gasteiger partial charge on any atom is -0.390 e. The van der Waals surface area contributed by atoms with E-state index >= 15 is 0 Å². The molecule has 1 saturated heterocycles. The average molecular weight is 384 g/mol.